The number of ketones is 2. The number of amides is 1. The average molecular weight is 714 g/mol. The lowest BCUT2D eigenvalue weighted by Crippen LogP contribution is -2.63. The minimum absolute atomic E-state index is 0.0294. The first-order valence-corrected chi connectivity index (χ1v) is 17.0. The molecule has 2 aromatic carbocycles. The van der Waals surface area contributed by atoms with Gasteiger partial charge in [0.25, 0.3) is 5.91 Å². The lowest BCUT2D eigenvalue weighted by atomic mass is 9.72. The fraction of sp³-hybridized carbons (Fsp3) is 0.571. The number of nitrogens with zero attached hydrogens (tertiary/aromatic N) is 1. The van der Waals surface area contributed by atoms with Gasteiger partial charge in [0.1, 0.15) is 29.0 Å². The highest BCUT2D eigenvalue weighted by Gasteiger charge is 2.55. The van der Waals surface area contributed by atoms with E-state index in [0.717, 1.165) is 0 Å². The predicted molar refractivity (Wildman–Crippen MR) is 171 cm³/mol. The predicted octanol–water partition coefficient (Wildman–Crippen LogP) is 0.578. The van der Waals surface area contributed by atoms with Gasteiger partial charge in [-0.1, -0.05) is 12.1 Å². The van der Waals surface area contributed by atoms with Crippen LogP contribution in [0.5, 0.6) is 17.2 Å². The van der Waals surface area contributed by atoms with Crippen molar-refractivity contribution in [2.45, 2.75) is 80.6 Å². The highest BCUT2D eigenvalue weighted by molar-refractivity contribution is 6.31. The number of halogens is 1. The minimum Gasteiger partial charge on any atom is -0.507 e. The maximum Gasteiger partial charge on any atom is 0.252 e. The summed E-state index contributed by atoms with van der Waals surface area (Å²) in [6.45, 7) is 2.48. The maximum absolute atomic E-state index is 14.9. The van der Waals surface area contributed by atoms with Crippen LogP contribution < -0.4 is 15.4 Å². The Hall–Kier alpha value is -3.74. The average Bonchev–Trinajstić information content (AvgIpc) is 3.49. The van der Waals surface area contributed by atoms with Gasteiger partial charge in [-0.15, -0.1) is 0 Å². The van der Waals surface area contributed by atoms with Crippen LogP contribution in [0.4, 0.5) is 4.39 Å². The van der Waals surface area contributed by atoms with E-state index in [1.165, 1.54) is 32.4 Å². The van der Waals surface area contributed by atoms with Gasteiger partial charge in [-0.2, -0.15) is 0 Å². The van der Waals surface area contributed by atoms with Crippen LogP contribution >= 0.6 is 0 Å². The van der Waals surface area contributed by atoms with E-state index in [9.17, 15) is 34.1 Å². The summed E-state index contributed by atoms with van der Waals surface area (Å²) in [7, 11) is 2.88. The van der Waals surface area contributed by atoms with Crippen LogP contribution in [0.1, 0.15) is 68.8 Å². The summed E-state index contributed by atoms with van der Waals surface area (Å²) in [5, 5.41) is 40.9. The zero-order chi connectivity index (χ0) is 36.0. The number of hydrogen-bond donors (Lipinski definition) is 5. The number of morpholine rings is 1. The molecule has 4 saturated heterocycles. The van der Waals surface area contributed by atoms with E-state index in [-0.39, 0.29) is 66.2 Å². The third-order valence-electron chi connectivity index (χ3n) is 11.1. The van der Waals surface area contributed by atoms with Crippen LogP contribution in [0, 0.1) is 0 Å². The van der Waals surface area contributed by atoms with Gasteiger partial charge in [-0.3, -0.25) is 19.3 Å². The van der Waals surface area contributed by atoms with Crippen molar-refractivity contribution in [2.24, 2.45) is 0 Å². The van der Waals surface area contributed by atoms with Crippen LogP contribution in [-0.4, -0.2) is 133 Å². The molecule has 0 bridgehead atoms. The first-order chi connectivity index (χ1) is 24.4. The zero-order valence-corrected chi connectivity index (χ0v) is 28.3. The fourth-order valence-corrected chi connectivity index (χ4v) is 8.43. The van der Waals surface area contributed by atoms with E-state index in [4.69, 9.17) is 28.4 Å². The molecular formula is C35H40FN3O12. The van der Waals surface area contributed by atoms with Gasteiger partial charge < -0.3 is 54.4 Å². The number of carbonyl (C=O) groups excluding carboxylic acids is 3. The number of hydrogen-bond acceptors (Lipinski definition) is 14. The third kappa shape index (κ3) is 5.34. The molecule has 0 unspecified atom stereocenters. The second-order valence-electron chi connectivity index (χ2n) is 14.1. The number of phenolic OH excluding ortho intramolecular Hbond substituents is 2. The molecule has 1 amide bonds. The van der Waals surface area contributed by atoms with Gasteiger partial charge in [0, 0.05) is 68.7 Å². The second kappa shape index (κ2) is 12.4. The maximum atomic E-state index is 14.9. The van der Waals surface area contributed by atoms with Crippen molar-refractivity contribution in [1.82, 2.24) is 15.5 Å². The summed E-state index contributed by atoms with van der Waals surface area (Å²) in [4.78, 5) is 43.7. The number of carbonyl (C=O) groups is 3. The minimum atomic E-state index is -2.29. The molecule has 4 heterocycles. The zero-order valence-electron chi connectivity index (χ0n) is 28.3. The van der Waals surface area contributed by atoms with E-state index in [2.05, 4.69) is 15.5 Å². The topological polar surface area (TPSA) is 195 Å². The van der Waals surface area contributed by atoms with E-state index < -0.39 is 95.2 Å². The summed E-state index contributed by atoms with van der Waals surface area (Å²) in [5.41, 5.74) is -5.25. The highest BCUT2D eigenvalue weighted by Crippen LogP contribution is 2.53. The van der Waals surface area contributed by atoms with Crippen LogP contribution in [0.3, 0.4) is 0 Å². The smallest absolute Gasteiger partial charge is 0.252 e. The highest BCUT2D eigenvalue weighted by atomic mass is 19.1. The van der Waals surface area contributed by atoms with Crippen LogP contribution in [0.2, 0.25) is 0 Å². The first kappa shape index (κ1) is 34.4. The molecule has 51 heavy (non-hydrogen) atoms. The quantitative estimate of drug-likeness (QED) is 0.214. The molecule has 16 heteroatoms. The molecule has 2 aromatic rings. The van der Waals surface area contributed by atoms with E-state index in [0.29, 0.717) is 13.2 Å². The van der Waals surface area contributed by atoms with Crippen molar-refractivity contribution in [3.8, 4) is 17.2 Å². The fourth-order valence-electron chi connectivity index (χ4n) is 8.43. The summed E-state index contributed by atoms with van der Waals surface area (Å²) in [5.74, 6) is -3.65. The van der Waals surface area contributed by atoms with Crippen molar-refractivity contribution in [1.29, 1.82) is 0 Å². The number of phenols is 2. The van der Waals surface area contributed by atoms with Crippen molar-refractivity contribution >= 4 is 17.5 Å². The molecule has 6 aliphatic rings. The Morgan fingerprint density at radius 3 is 2.59 bits per heavy atom. The van der Waals surface area contributed by atoms with Gasteiger partial charge in [0.2, 0.25) is 5.78 Å². The summed E-state index contributed by atoms with van der Waals surface area (Å²) in [6, 6.07) is 4.24. The molecule has 2 aliphatic carbocycles. The van der Waals surface area contributed by atoms with Crippen LogP contribution in [-0.2, 0) is 34.9 Å². The summed E-state index contributed by atoms with van der Waals surface area (Å²) >= 11 is 0. The number of rotatable bonds is 7. The molecule has 8 atom stereocenters. The lowest BCUT2D eigenvalue weighted by Gasteiger charge is -2.43. The molecular weight excluding hydrogens is 673 g/mol. The second-order valence-corrected chi connectivity index (χ2v) is 14.1. The van der Waals surface area contributed by atoms with E-state index in [1.54, 1.807) is 0 Å². The molecule has 15 nitrogen and oxygen atoms in total. The van der Waals surface area contributed by atoms with Gasteiger partial charge in [0.15, 0.2) is 30.3 Å². The normalized spacial score (nSPS) is 33.6. The number of alkyl halides is 1. The van der Waals surface area contributed by atoms with Gasteiger partial charge in [-0.05, 0) is 13.0 Å². The number of ether oxygens (including phenoxy) is 6. The van der Waals surface area contributed by atoms with Crippen LogP contribution in [0.15, 0.2) is 18.2 Å². The van der Waals surface area contributed by atoms with Gasteiger partial charge >= 0.3 is 0 Å². The molecule has 0 radical (unpaired) electrons. The van der Waals surface area contributed by atoms with E-state index in [1.807, 2.05) is 6.92 Å². The molecule has 0 spiro atoms. The molecule has 274 valence electrons. The Morgan fingerprint density at radius 2 is 1.88 bits per heavy atom. The molecule has 4 fully saturated rings. The van der Waals surface area contributed by atoms with Crippen LogP contribution in [0.25, 0.3) is 0 Å². The molecule has 0 aromatic heterocycles. The largest absolute Gasteiger partial charge is 0.507 e. The number of aromatic hydroxyl groups is 2. The summed E-state index contributed by atoms with van der Waals surface area (Å²) < 4.78 is 50.5. The molecule has 5 N–H and O–H groups in total. The monoisotopic (exact) mass is 713 g/mol. The van der Waals surface area contributed by atoms with Crippen molar-refractivity contribution in [3.63, 3.8) is 0 Å². The lowest BCUT2D eigenvalue weighted by molar-refractivity contribution is -0.256. The van der Waals surface area contributed by atoms with Crippen molar-refractivity contribution in [2.75, 3.05) is 47.0 Å². The van der Waals surface area contributed by atoms with E-state index >= 15 is 0 Å². The Morgan fingerprint density at radius 1 is 1.12 bits per heavy atom. The third-order valence-corrected chi connectivity index (χ3v) is 11.1. The first-order valence-electron chi connectivity index (χ1n) is 17.0. The van der Waals surface area contributed by atoms with Gasteiger partial charge in [0.05, 0.1) is 49.2 Å². The Bertz CT molecular complexity index is 1800. The molecule has 0 saturated carbocycles. The number of aliphatic hydroxyl groups is 1. The van der Waals surface area contributed by atoms with Gasteiger partial charge in [-0.25, -0.2) is 4.39 Å². The Labute approximate surface area is 291 Å². The SMILES string of the molecule is COc1cccc2c1C(=O)c1c(O)c3c(c(O)c1C2=O)C[C@@](O)(C(=O)NCC1(F)CNC1)C[C@@H]3O[C@H]1C[C@H]2[C@H](O[C@@H]3[C@@H](OC)OCCN32)[C@H](C)O1. The Balaban J connectivity index is 1.18. The number of nitrogens with one attached hydrogen (secondary N) is 2. The standard InChI is InChI=1S/C35H40FN3O12/c1-15-30-18(39-7-8-48-32(47-3)31(39)51-30)9-21(49-15)50-20-11-35(45,33(44)38-14-34(36)12-37-13-34)10-17-23(20)29(43)25-24(27(17)41)26(40)16-5-4-6-19(46-2)22(16)28(25)42/h4-6,15,18,20-21,30-32,37,41,43,45H,7-14H2,1-3H3,(H,38,44)/t15-,18-,20-,21-,30+,31+,32-,35-/m0/s1. The van der Waals surface area contributed by atoms with Crippen molar-refractivity contribution < 1.29 is 62.5 Å². The number of methoxy groups -OCH3 is 2. The van der Waals surface area contributed by atoms with Crippen molar-refractivity contribution in [3.05, 3.63) is 51.6 Å². The Kier molecular flexibility index (Phi) is 8.38. The number of benzene rings is 2. The number of fused-ring (bicyclic) bond motifs is 6. The molecule has 4 aliphatic heterocycles. The summed E-state index contributed by atoms with van der Waals surface area (Å²) in [6.07, 6.45) is -4.99. The molecule has 8 rings (SSSR count).